The number of nitriles is 1. The van der Waals surface area contributed by atoms with Gasteiger partial charge in [0.1, 0.15) is 6.54 Å². The highest BCUT2D eigenvalue weighted by atomic mass is 32.2. The maximum absolute atomic E-state index is 12.3. The fourth-order valence-corrected chi connectivity index (χ4v) is 2.19. The summed E-state index contributed by atoms with van der Waals surface area (Å²) in [5.74, 6) is -0.0571. The lowest BCUT2D eigenvalue weighted by Gasteiger charge is -2.19. The summed E-state index contributed by atoms with van der Waals surface area (Å²) in [5, 5.41) is 8.74. The van der Waals surface area contributed by atoms with Crippen LogP contribution in [0.15, 0.2) is 29.2 Å². The van der Waals surface area contributed by atoms with E-state index in [1.807, 2.05) is 43.5 Å². The molecule has 0 unspecified atom stereocenters. The first kappa shape index (κ1) is 13.6. The van der Waals surface area contributed by atoms with Crippen LogP contribution in [0.25, 0.3) is 0 Å². The number of hydrogen-bond acceptors (Lipinski definition) is 3. The molecule has 0 heterocycles. The Morgan fingerprint density at radius 2 is 2.18 bits per heavy atom. The Morgan fingerprint density at radius 3 is 2.76 bits per heavy atom. The molecule has 1 rings (SSSR count). The molecule has 0 atom stereocenters. The summed E-state index contributed by atoms with van der Waals surface area (Å²) >= 11 is 1.55. The van der Waals surface area contributed by atoms with Gasteiger partial charge in [0.15, 0.2) is 0 Å². The predicted molar refractivity (Wildman–Crippen MR) is 70.0 cm³/mol. The molecular weight excluding hydrogens is 232 g/mol. The molecule has 0 spiro atoms. The van der Waals surface area contributed by atoms with Gasteiger partial charge in [-0.2, -0.15) is 5.26 Å². The Labute approximate surface area is 106 Å². The molecule has 0 N–H and O–H groups in total. The minimum atomic E-state index is -0.0571. The summed E-state index contributed by atoms with van der Waals surface area (Å²) in [7, 11) is 0. The maximum Gasteiger partial charge on any atom is 0.255 e. The number of thioether (sulfide) groups is 1. The Balaban J connectivity index is 2.97. The molecule has 0 bridgehead atoms. The van der Waals surface area contributed by atoms with Crippen molar-refractivity contribution in [3.63, 3.8) is 0 Å². The van der Waals surface area contributed by atoms with Crippen molar-refractivity contribution in [3.05, 3.63) is 29.8 Å². The number of carbonyl (C=O) groups is 1. The molecule has 4 heteroatoms. The lowest BCUT2D eigenvalue weighted by molar-refractivity contribution is 0.0772. The summed E-state index contributed by atoms with van der Waals surface area (Å²) in [6.07, 6.45) is 2.80. The molecule has 90 valence electrons. The van der Waals surface area contributed by atoms with Crippen LogP contribution >= 0.6 is 11.8 Å². The van der Waals surface area contributed by atoms with Crippen LogP contribution in [0.1, 0.15) is 23.7 Å². The van der Waals surface area contributed by atoms with Crippen molar-refractivity contribution in [2.75, 3.05) is 19.3 Å². The van der Waals surface area contributed by atoms with Crippen molar-refractivity contribution in [1.82, 2.24) is 4.90 Å². The van der Waals surface area contributed by atoms with Gasteiger partial charge in [0, 0.05) is 11.4 Å². The Bertz CT molecular complexity index is 426. The van der Waals surface area contributed by atoms with Gasteiger partial charge in [-0.1, -0.05) is 19.1 Å². The molecule has 1 aromatic carbocycles. The molecular formula is C13H16N2OS. The lowest BCUT2D eigenvalue weighted by Crippen LogP contribution is -2.32. The summed E-state index contributed by atoms with van der Waals surface area (Å²) < 4.78 is 0. The monoisotopic (exact) mass is 248 g/mol. The zero-order valence-corrected chi connectivity index (χ0v) is 11.0. The number of benzene rings is 1. The zero-order valence-electron chi connectivity index (χ0n) is 10.1. The highest BCUT2D eigenvalue weighted by Crippen LogP contribution is 2.21. The molecule has 0 saturated heterocycles. The minimum absolute atomic E-state index is 0.0571. The van der Waals surface area contributed by atoms with E-state index in [0.717, 1.165) is 11.3 Å². The highest BCUT2D eigenvalue weighted by molar-refractivity contribution is 7.98. The van der Waals surface area contributed by atoms with Crippen LogP contribution in [0.5, 0.6) is 0 Å². The molecule has 1 aromatic rings. The first-order valence-electron chi connectivity index (χ1n) is 5.53. The summed E-state index contributed by atoms with van der Waals surface area (Å²) in [6, 6.07) is 9.54. The molecule has 0 aliphatic carbocycles. The van der Waals surface area contributed by atoms with Crippen molar-refractivity contribution in [2.24, 2.45) is 0 Å². The third-order valence-corrected chi connectivity index (χ3v) is 3.18. The van der Waals surface area contributed by atoms with Crippen molar-refractivity contribution in [2.45, 2.75) is 18.2 Å². The number of rotatable bonds is 5. The van der Waals surface area contributed by atoms with E-state index in [0.29, 0.717) is 12.1 Å². The quantitative estimate of drug-likeness (QED) is 0.594. The fourth-order valence-electron chi connectivity index (χ4n) is 1.60. The van der Waals surface area contributed by atoms with Crippen molar-refractivity contribution >= 4 is 17.7 Å². The number of amides is 1. The van der Waals surface area contributed by atoms with Gasteiger partial charge in [-0.15, -0.1) is 11.8 Å². The van der Waals surface area contributed by atoms with E-state index in [1.54, 1.807) is 16.7 Å². The Hall–Kier alpha value is -1.47. The van der Waals surface area contributed by atoms with Gasteiger partial charge in [0.25, 0.3) is 5.91 Å². The van der Waals surface area contributed by atoms with Gasteiger partial charge < -0.3 is 4.90 Å². The van der Waals surface area contributed by atoms with Gasteiger partial charge in [-0.25, -0.2) is 0 Å². The Kier molecular flexibility index (Phi) is 5.58. The van der Waals surface area contributed by atoms with E-state index < -0.39 is 0 Å². The largest absolute Gasteiger partial charge is 0.325 e. The van der Waals surface area contributed by atoms with Crippen LogP contribution in [-0.2, 0) is 0 Å². The van der Waals surface area contributed by atoms with Gasteiger partial charge >= 0.3 is 0 Å². The molecule has 1 amide bonds. The molecule has 0 aliphatic heterocycles. The second kappa shape index (κ2) is 6.97. The van der Waals surface area contributed by atoms with Crippen LogP contribution in [0, 0.1) is 11.3 Å². The highest BCUT2D eigenvalue weighted by Gasteiger charge is 2.17. The first-order chi connectivity index (χ1) is 8.24. The normalized spacial score (nSPS) is 9.71. The van der Waals surface area contributed by atoms with E-state index in [4.69, 9.17) is 5.26 Å². The van der Waals surface area contributed by atoms with Crippen LogP contribution in [0.4, 0.5) is 0 Å². The van der Waals surface area contributed by atoms with Crippen LogP contribution < -0.4 is 0 Å². The smallest absolute Gasteiger partial charge is 0.255 e. The number of carbonyl (C=O) groups excluding carboxylic acids is 1. The molecule has 17 heavy (non-hydrogen) atoms. The second-order valence-electron chi connectivity index (χ2n) is 3.59. The first-order valence-corrected chi connectivity index (χ1v) is 6.76. The van der Waals surface area contributed by atoms with Gasteiger partial charge in [-0.05, 0) is 24.8 Å². The van der Waals surface area contributed by atoms with Crippen molar-refractivity contribution in [1.29, 1.82) is 5.26 Å². The van der Waals surface area contributed by atoms with Crippen LogP contribution in [0.2, 0.25) is 0 Å². The zero-order chi connectivity index (χ0) is 12.7. The Morgan fingerprint density at radius 1 is 1.47 bits per heavy atom. The molecule has 0 saturated carbocycles. The van der Waals surface area contributed by atoms with E-state index >= 15 is 0 Å². The topological polar surface area (TPSA) is 44.1 Å². The third kappa shape index (κ3) is 3.50. The van der Waals surface area contributed by atoms with Gasteiger partial charge in [0.05, 0.1) is 11.6 Å². The van der Waals surface area contributed by atoms with E-state index in [-0.39, 0.29) is 12.5 Å². The molecule has 0 radical (unpaired) electrons. The van der Waals surface area contributed by atoms with Crippen molar-refractivity contribution < 1.29 is 4.79 Å². The van der Waals surface area contributed by atoms with Crippen LogP contribution in [0.3, 0.4) is 0 Å². The van der Waals surface area contributed by atoms with Crippen molar-refractivity contribution in [3.8, 4) is 6.07 Å². The summed E-state index contributed by atoms with van der Waals surface area (Å²) in [6.45, 7) is 2.77. The lowest BCUT2D eigenvalue weighted by atomic mass is 10.2. The maximum atomic E-state index is 12.3. The molecule has 0 aliphatic rings. The van der Waals surface area contributed by atoms with E-state index in [1.165, 1.54) is 0 Å². The fraction of sp³-hybridized carbons (Fsp3) is 0.385. The third-order valence-electron chi connectivity index (χ3n) is 2.38. The summed E-state index contributed by atoms with van der Waals surface area (Å²) in [4.78, 5) is 14.8. The van der Waals surface area contributed by atoms with E-state index in [2.05, 4.69) is 0 Å². The number of nitrogens with zero attached hydrogens (tertiary/aromatic N) is 2. The van der Waals surface area contributed by atoms with E-state index in [9.17, 15) is 4.79 Å². The standard InChI is InChI=1S/C13H16N2OS/c1-3-9-15(10-8-14)13(16)11-6-4-5-7-12(11)17-2/h4-7H,3,9-10H2,1-2H3. The van der Waals surface area contributed by atoms with Crippen LogP contribution in [-0.4, -0.2) is 30.2 Å². The molecule has 0 fully saturated rings. The second-order valence-corrected chi connectivity index (χ2v) is 4.43. The summed E-state index contributed by atoms with van der Waals surface area (Å²) in [5.41, 5.74) is 0.684. The van der Waals surface area contributed by atoms with Gasteiger partial charge in [-0.3, -0.25) is 4.79 Å². The van der Waals surface area contributed by atoms with Gasteiger partial charge in [0.2, 0.25) is 0 Å². The SMILES string of the molecule is CCCN(CC#N)C(=O)c1ccccc1SC. The number of hydrogen-bond donors (Lipinski definition) is 0. The minimum Gasteiger partial charge on any atom is -0.325 e. The average Bonchev–Trinajstić information content (AvgIpc) is 2.37. The predicted octanol–water partition coefficient (Wildman–Crippen LogP) is 2.78. The average molecular weight is 248 g/mol. The molecule has 3 nitrogen and oxygen atoms in total. The molecule has 0 aromatic heterocycles.